The molecule has 1 unspecified atom stereocenters. The molecule has 0 aliphatic carbocycles. The highest BCUT2D eigenvalue weighted by Crippen LogP contribution is 2.12. The Labute approximate surface area is 143 Å². The summed E-state index contributed by atoms with van der Waals surface area (Å²) < 4.78 is 0. The smallest absolute Gasteiger partial charge is 0.236 e. The standard InChI is InChI=1S/C17H26ClN3O2/c1-14(22)11-20-6-8-21(9-7-20)13-17(23)19(2)12-15-4-3-5-16(18)10-15/h3-5,10,14,22H,6-9,11-13H2,1-2H3. The summed E-state index contributed by atoms with van der Waals surface area (Å²) in [6, 6.07) is 7.60. The molecule has 6 heteroatoms. The highest BCUT2D eigenvalue weighted by Gasteiger charge is 2.21. The van der Waals surface area contributed by atoms with Crippen LogP contribution in [0, 0.1) is 0 Å². The third kappa shape index (κ3) is 6.11. The Morgan fingerprint density at radius 2 is 1.96 bits per heavy atom. The Balaban J connectivity index is 1.76. The van der Waals surface area contributed by atoms with Crippen molar-refractivity contribution in [2.24, 2.45) is 0 Å². The van der Waals surface area contributed by atoms with Crippen LogP contribution >= 0.6 is 11.6 Å². The van der Waals surface area contributed by atoms with Gasteiger partial charge in [0, 0.05) is 51.3 Å². The number of halogens is 1. The van der Waals surface area contributed by atoms with Gasteiger partial charge in [0.05, 0.1) is 12.6 Å². The Morgan fingerprint density at radius 1 is 1.30 bits per heavy atom. The Morgan fingerprint density at radius 3 is 2.57 bits per heavy atom. The number of hydrogen-bond acceptors (Lipinski definition) is 4. The highest BCUT2D eigenvalue weighted by molar-refractivity contribution is 6.30. The molecule has 1 aliphatic heterocycles. The molecule has 0 radical (unpaired) electrons. The molecule has 0 spiro atoms. The zero-order valence-corrected chi connectivity index (χ0v) is 14.7. The van der Waals surface area contributed by atoms with Crippen molar-refractivity contribution in [1.82, 2.24) is 14.7 Å². The zero-order valence-electron chi connectivity index (χ0n) is 13.9. The van der Waals surface area contributed by atoms with Crippen LogP contribution in [0.15, 0.2) is 24.3 Å². The second kappa shape index (κ2) is 8.64. The number of amides is 1. The summed E-state index contributed by atoms with van der Waals surface area (Å²) in [5, 5.41) is 10.1. The number of rotatable bonds is 6. The Hall–Kier alpha value is -1.14. The van der Waals surface area contributed by atoms with Crippen LogP contribution in [-0.2, 0) is 11.3 Å². The molecule has 1 aliphatic rings. The number of aliphatic hydroxyl groups is 1. The normalized spacial score (nSPS) is 17.9. The monoisotopic (exact) mass is 339 g/mol. The van der Waals surface area contributed by atoms with Crippen LogP contribution < -0.4 is 0 Å². The largest absolute Gasteiger partial charge is 0.392 e. The molecule has 0 saturated carbocycles. The first-order valence-electron chi connectivity index (χ1n) is 8.05. The molecule has 1 saturated heterocycles. The van der Waals surface area contributed by atoms with E-state index in [-0.39, 0.29) is 12.0 Å². The molecular formula is C17H26ClN3O2. The molecule has 5 nitrogen and oxygen atoms in total. The van der Waals surface area contributed by atoms with Gasteiger partial charge in [0.25, 0.3) is 0 Å². The van der Waals surface area contributed by atoms with Gasteiger partial charge >= 0.3 is 0 Å². The Bertz CT molecular complexity index is 516. The summed E-state index contributed by atoms with van der Waals surface area (Å²) in [4.78, 5) is 18.5. The van der Waals surface area contributed by atoms with Gasteiger partial charge in [0.2, 0.25) is 5.91 Å². The number of hydrogen-bond donors (Lipinski definition) is 1. The van der Waals surface area contributed by atoms with Crippen LogP contribution in [0.1, 0.15) is 12.5 Å². The number of nitrogens with zero attached hydrogens (tertiary/aromatic N) is 3. The molecule has 2 rings (SSSR count). The maximum atomic E-state index is 12.4. The maximum absolute atomic E-state index is 12.4. The molecule has 1 aromatic carbocycles. The molecule has 1 amide bonds. The van der Waals surface area contributed by atoms with E-state index in [9.17, 15) is 9.90 Å². The van der Waals surface area contributed by atoms with Crippen LogP contribution in [-0.4, -0.2) is 78.1 Å². The van der Waals surface area contributed by atoms with Gasteiger partial charge in [-0.1, -0.05) is 23.7 Å². The van der Waals surface area contributed by atoms with Crippen LogP contribution in [0.25, 0.3) is 0 Å². The van der Waals surface area contributed by atoms with Crippen LogP contribution in [0.5, 0.6) is 0 Å². The van der Waals surface area contributed by atoms with Crippen molar-refractivity contribution in [3.05, 3.63) is 34.9 Å². The van der Waals surface area contributed by atoms with E-state index >= 15 is 0 Å². The van der Waals surface area contributed by atoms with Gasteiger partial charge < -0.3 is 10.0 Å². The summed E-state index contributed by atoms with van der Waals surface area (Å²) in [6.07, 6.45) is -0.299. The van der Waals surface area contributed by atoms with Crippen molar-refractivity contribution in [1.29, 1.82) is 0 Å². The third-order valence-corrected chi connectivity index (χ3v) is 4.32. The minimum atomic E-state index is -0.299. The third-order valence-electron chi connectivity index (χ3n) is 4.08. The molecule has 1 aromatic rings. The fourth-order valence-corrected chi connectivity index (χ4v) is 3.03. The molecule has 0 bridgehead atoms. The molecule has 1 N–H and O–H groups in total. The predicted octanol–water partition coefficient (Wildman–Crippen LogP) is 1.30. The second-order valence-corrected chi connectivity index (χ2v) is 6.74. The lowest BCUT2D eigenvalue weighted by Crippen LogP contribution is -2.50. The number of aliphatic hydroxyl groups excluding tert-OH is 1. The fourth-order valence-electron chi connectivity index (χ4n) is 2.81. The van der Waals surface area contributed by atoms with Gasteiger partial charge in [0.1, 0.15) is 0 Å². The molecule has 128 valence electrons. The number of β-amino-alcohol motifs (C(OH)–C–C–N with tert-alkyl or cyclic N) is 1. The lowest BCUT2D eigenvalue weighted by molar-refractivity contribution is -0.132. The first-order chi connectivity index (χ1) is 10.9. The summed E-state index contributed by atoms with van der Waals surface area (Å²) in [7, 11) is 1.83. The zero-order chi connectivity index (χ0) is 16.8. The van der Waals surface area contributed by atoms with Gasteiger partial charge in [-0.2, -0.15) is 0 Å². The molecular weight excluding hydrogens is 314 g/mol. The van der Waals surface area contributed by atoms with Crippen molar-refractivity contribution < 1.29 is 9.90 Å². The average Bonchev–Trinajstić information content (AvgIpc) is 2.48. The van der Waals surface area contributed by atoms with E-state index in [0.717, 1.165) is 31.7 Å². The van der Waals surface area contributed by atoms with Gasteiger partial charge in [-0.05, 0) is 24.6 Å². The molecule has 23 heavy (non-hydrogen) atoms. The van der Waals surface area contributed by atoms with E-state index in [4.69, 9.17) is 11.6 Å². The number of benzene rings is 1. The number of piperazine rings is 1. The van der Waals surface area contributed by atoms with Crippen molar-refractivity contribution in [3.63, 3.8) is 0 Å². The van der Waals surface area contributed by atoms with E-state index in [2.05, 4.69) is 9.80 Å². The lowest BCUT2D eigenvalue weighted by atomic mass is 10.2. The second-order valence-electron chi connectivity index (χ2n) is 6.31. The van der Waals surface area contributed by atoms with Crippen molar-refractivity contribution in [3.8, 4) is 0 Å². The first kappa shape index (κ1) is 18.2. The summed E-state index contributed by atoms with van der Waals surface area (Å²) in [6.45, 7) is 7.05. The van der Waals surface area contributed by atoms with E-state index in [1.807, 2.05) is 31.3 Å². The molecule has 1 fully saturated rings. The summed E-state index contributed by atoms with van der Waals surface area (Å²) >= 11 is 5.98. The highest BCUT2D eigenvalue weighted by atomic mass is 35.5. The van der Waals surface area contributed by atoms with Crippen LogP contribution in [0.2, 0.25) is 5.02 Å². The minimum Gasteiger partial charge on any atom is -0.392 e. The molecule has 1 atom stereocenters. The molecule has 0 aromatic heterocycles. The predicted molar refractivity (Wildman–Crippen MR) is 92.5 cm³/mol. The lowest BCUT2D eigenvalue weighted by Gasteiger charge is -2.35. The first-order valence-corrected chi connectivity index (χ1v) is 8.43. The number of carbonyl (C=O) groups excluding carboxylic acids is 1. The van der Waals surface area contributed by atoms with E-state index < -0.39 is 0 Å². The van der Waals surface area contributed by atoms with E-state index in [0.29, 0.717) is 24.7 Å². The quantitative estimate of drug-likeness (QED) is 0.848. The van der Waals surface area contributed by atoms with Gasteiger partial charge in [0.15, 0.2) is 0 Å². The van der Waals surface area contributed by atoms with E-state index in [1.54, 1.807) is 11.8 Å². The summed E-state index contributed by atoms with van der Waals surface area (Å²) in [5.74, 6) is 0.119. The minimum absolute atomic E-state index is 0.119. The topological polar surface area (TPSA) is 47.0 Å². The Kier molecular flexibility index (Phi) is 6.84. The average molecular weight is 340 g/mol. The molecule has 1 heterocycles. The summed E-state index contributed by atoms with van der Waals surface area (Å²) in [5.41, 5.74) is 1.04. The van der Waals surface area contributed by atoms with Gasteiger partial charge in [-0.25, -0.2) is 0 Å². The van der Waals surface area contributed by atoms with Crippen molar-refractivity contribution >= 4 is 17.5 Å². The van der Waals surface area contributed by atoms with Crippen LogP contribution in [0.3, 0.4) is 0 Å². The van der Waals surface area contributed by atoms with Crippen molar-refractivity contribution in [2.45, 2.75) is 19.6 Å². The van der Waals surface area contributed by atoms with E-state index in [1.165, 1.54) is 0 Å². The van der Waals surface area contributed by atoms with Crippen LogP contribution in [0.4, 0.5) is 0 Å². The number of likely N-dealkylation sites (N-methyl/N-ethyl adjacent to an activating group) is 1. The maximum Gasteiger partial charge on any atom is 0.236 e. The number of carbonyl (C=O) groups is 1. The van der Waals surface area contributed by atoms with Crippen molar-refractivity contribution in [2.75, 3.05) is 46.3 Å². The van der Waals surface area contributed by atoms with Gasteiger partial charge in [-0.3, -0.25) is 14.6 Å². The van der Waals surface area contributed by atoms with Gasteiger partial charge in [-0.15, -0.1) is 0 Å². The SMILES string of the molecule is CC(O)CN1CCN(CC(=O)N(C)Cc2cccc(Cl)c2)CC1. The fraction of sp³-hybridized carbons (Fsp3) is 0.588.